The summed E-state index contributed by atoms with van der Waals surface area (Å²) in [5, 5.41) is 9.54. The fourth-order valence-electron chi connectivity index (χ4n) is 1.80. The van der Waals surface area contributed by atoms with Crippen LogP contribution >= 0.6 is 27.3 Å². The van der Waals surface area contributed by atoms with Crippen molar-refractivity contribution < 1.29 is 6.11 Å². The molecule has 0 aliphatic carbocycles. The van der Waals surface area contributed by atoms with Crippen molar-refractivity contribution in [1.29, 1.82) is 0 Å². The van der Waals surface area contributed by atoms with E-state index in [0.29, 0.717) is 10.9 Å². The van der Waals surface area contributed by atoms with Gasteiger partial charge < -0.3 is 9.30 Å². The lowest BCUT2D eigenvalue weighted by molar-refractivity contribution is 0.303. The van der Waals surface area contributed by atoms with E-state index in [0.717, 1.165) is 14.8 Å². The minimum atomic E-state index is -0.345. The molecular weight excluding hydrogens is 360 g/mol. The highest BCUT2D eigenvalue weighted by Crippen LogP contribution is 2.26. The summed E-state index contributed by atoms with van der Waals surface area (Å²) in [6, 6.07) is 0. The second-order valence-corrected chi connectivity index (χ2v) is 5.79. The fourth-order valence-corrected chi connectivity index (χ4v) is 2.66. The van der Waals surface area contributed by atoms with Crippen molar-refractivity contribution >= 4 is 27.3 Å². The normalized spacial score (nSPS) is 11.7. The van der Waals surface area contributed by atoms with Crippen molar-refractivity contribution in [3.05, 3.63) is 38.4 Å². The van der Waals surface area contributed by atoms with Gasteiger partial charge in [-0.2, -0.15) is 9.36 Å². The minimum Gasteiger partial charge on any atom is -0.465 e. The molecule has 0 radical (unpaired) electrons. The van der Waals surface area contributed by atoms with E-state index in [1.54, 1.807) is 11.6 Å². The third-order valence-electron chi connectivity index (χ3n) is 2.84. The van der Waals surface area contributed by atoms with Crippen molar-refractivity contribution in [2.75, 3.05) is 0 Å². The van der Waals surface area contributed by atoms with Crippen molar-refractivity contribution in [1.82, 2.24) is 29.3 Å². The molecule has 3 heterocycles. The average molecular weight is 373 g/mol. The van der Waals surface area contributed by atoms with E-state index in [4.69, 9.17) is 6.11 Å². The number of halogens is 1. The fraction of sp³-hybridized carbons (Fsp3) is 0.273. The standard InChI is InChI=1S/C11H11BrN6O2S/c1-16-5-8(18-11(19)17(2)14-15-18)7(9(16)12)6-20-10-13-3-4-21-10/h3-5H,6H2,1-2H3/i3T. The summed E-state index contributed by atoms with van der Waals surface area (Å²) in [5.74, 6) is 0. The molecule has 3 rings (SSSR count). The van der Waals surface area contributed by atoms with Gasteiger partial charge in [-0.05, 0) is 26.4 Å². The summed E-state index contributed by atoms with van der Waals surface area (Å²) in [4.78, 5) is 15.9. The van der Waals surface area contributed by atoms with E-state index in [2.05, 4.69) is 31.3 Å². The van der Waals surface area contributed by atoms with Crippen LogP contribution in [0, 0.1) is 0 Å². The Labute approximate surface area is 133 Å². The van der Waals surface area contributed by atoms with E-state index < -0.39 is 0 Å². The zero-order valence-corrected chi connectivity index (χ0v) is 13.6. The molecule has 110 valence electrons. The molecule has 0 saturated carbocycles. The molecule has 8 nitrogen and oxygen atoms in total. The van der Waals surface area contributed by atoms with Gasteiger partial charge in [0.25, 0.3) is 5.19 Å². The predicted molar refractivity (Wildman–Crippen MR) is 79.7 cm³/mol. The molecule has 0 bridgehead atoms. The van der Waals surface area contributed by atoms with Gasteiger partial charge in [-0.3, -0.25) is 0 Å². The summed E-state index contributed by atoms with van der Waals surface area (Å²) in [6.07, 6.45) is 1.92. The van der Waals surface area contributed by atoms with Crippen LogP contribution in [0.5, 0.6) is 5.19 Å². The number of aryl methyl sites for hydroxylation is 2. The van der Waals surface area contributed by atoms with E-state index in [-0.39, 0.29) is 18.5 Å². The highest BCUT2D eigenvalue weighted by Gasteiger charge is 2.18. The number of thiazole rings is 1. The number of hydrogen-bond donors (Lipinski definition) is 0. The summed E-state index contributed by atoms with van der Waals surface area (Å²) >= 11 is 4.71. The lowest BCUT2D eigenvalue weighted by Crippen LogP contribution is -2.22. The monoisotopic (exact) mass is 372 g/mol. The van der Waals surface area contributed by atoms with E-state index in [1.807, 2.05) is 11.6 Å². The number of aromatic nitrogens is 6. The summed E-state index contributed by atoms with van der Waals surface area (Å²) in [7, 11) is 3.37. The number of hydrogen-bond acceptors (Lipinski definition) is 6. The Bertz CT molecular complexity index is 882. The average Bonchev–Trinajstić information content (AvgIpc) is 3.11. The Hall–Kier alpha value is -1.94. The van der Waals surface area contributed by atoms with Crippen LogP contribution in [0.4, 0.5) is 0 Å². The molecule has 0 amide bonds. The Morgan fingerprint density at radius 3 is 2.90 bits per heavy atom. The Kier molecular flexibility index (Phi) is 3.31. The summed E-state index contributed by atoms with van der Waals surface area (Å²) in [6.45, 7) is 0.187. The lowest BCUT2D eigenvalue weighted by atomic mass is 10.3. The third-order valence-corrected chi connectivity index (χ3v) is 4.51. The van der Waals surface area contributed by atoms with Crippen molar-refractivity contribution in [2.45, 2.75) is 6.61 Å². The van der Waals surface area contributed by atoms with E-state index in [9.17, 15) is 4.79 Å². The summed E-state index contributed by atoms with van der Waals surface area (Å²) in [5.41, 5.74) is 0.976. The van der Waals surface area contributed by atoms with Gasteiger partial charge in [-0.1, -0.05) is 11.3 Å². The van der Waals surface area contributed by atoms with Gasteiger partial charge in [0.1, 0.15) is 6.61 Å². The second-order valence-electron chi connectivity index (χ2n) is 4.22. The molecule has 3 aromatic heterocycles. The zero-order chi connectivity index (χ0) is 15.9. The van der Waals surface area contributed by atoms with Crippen LogP contribution in [0.2, 0.25) is 0 Å². The largest absolute Gasteiger partial charge is 0.465 e. The first-order chi connectivity index (χ1) is 10.5. The molecule has 10 heteroatoms. The lowest BCUT2D eigenvalue weighted by Gasteiger charge is -2.04. The van der Waals surface area contributed by atoms with Crippen LogP contribution < -0.4 is 10.4 Å². The number of tetrazole rings is 1. The van der Waals surface area contributed by atoms with E-state index in [1.165, 1.54) is 23.1 Å². The topological polar surface area (TPSA) is 79.8 Å². The van der Waals surface area contributed by atoms with Crippen LogP contribution in [0.3, 0.4) is 0 Å². The minimum absolute atomic E-state index is 0.164. The predicted octanol–water partition coefficient (Wildman–Crippen LogP) is 1.10. The maximum Gasteiger partial charge on any atom is 0.368 e. The van der Waals surface area contributed by atoms with Gasteiger partial charge in [0.15, 0.2) is 0 Å². The first-order valence-corrected chi connectivity index (χ1v) is 7.52. The molecule has 0 unspecified atom stereocenters. The van der Waals surface area contributed by atoms with Gasteiger partial charge in [0.05, 0.1) is 11.7 Å². The molecule has 3 aromatic rings. The zero-order valence-electron chi connectivity index (χ0n) is 12.1. The molecule has 0 N–H and O–H groups in total. The quantitative estimate of drug-likeness (QED) is 0.684. The Morgan fingerprint density at radius 2 is 2.29 bits per heavy atom. The first kappa shape index (κ1) is 12.8. The number of ether oxygens (including phenoxy) is 1. The van der Waals surface area contributed by atoms with E-state index >= 15 is 0 Å². The number of nitrogens with zero attached hydrogens (tertiary/aromatic N) is 6. The van der Waals surface area contributed by atoms with Crippen LogP contribution in [0.25, 0.3) is 5.69 Å². The molecule has 0 aliphatic rings. The van der Waals surface area contributed by atoms with Crippen LogP contribution in [-0.4, -0.2) is 29.3 Å². The maximum absolute atomic E-state index is 12.0. The van der Waals surface area contributed by atoms with Crippen molar-refractivity contribution in [3.8, 4) is 10.9 Å². The van der Waals surface area contributed by atoms with Crippen LogP contribution in [0.15, 0.2) is 27.1 Å². The van der Waals surface area contributed by atoms with Gasteiger partial charge >= 0.3 is 5.69 Å². The van der Waals surface area contributed by atoms with Gasteiger partial charge in [0, 0.05) is 37.4 Å². The molecule has 21 heavy (non-hydrogen) atoms. The van der Waals surface area contributed by atoms with Crippen LogP contribution in [-0.2, 0) is 20.7 Å². The molecular formula is C11H11BrN6O2S. The van der Waals surface area contributed by atoms with Gasteiger partial charge in [-0.15, -0.1) is 0 Å². The molecule has 0 saturated heterocycles. The van der Waals surface area contributed by atoms with Gasteiger partial charge in [0.2, 0.25) is 0 Å². The molecule has 0 fully saturated rings. The highest BCUT2D eigenvalue weighted by molar-refractivity contribution is 9.10. The third kappa shape index (κ3) is 2.51. The Balaban J connectivity index is 1.96. The van der Waals surface area contributed by atoms with Gasteiger partial charge in [-0.25, -0.2) is 9.78 Å². The van der Waals surface area contributed by atoms with Crippen LogP contribution in [0.1, 0.15) is 6.93 Å². The van der Waals surface area contributed by atoms with Crippen molar-refractivity contribution in [2.24, 2.45) is 14.1 Å². The SMILES string of the molecule is [3H]c1csc(OCc2c(-n3nnn(C)c3=O)cn(C)c2Br)n1. The highest BCUT2D eigenvalue weighted by atomic mass is 79.9. The summed E-state index contributed by atoms with van der Waals surface area (Å²) < 4.78 is 17.9. The number of rotatable bonds is 4. The smallest absolute Gasteiger partial charge is 0.368 e. The molecule has 0 atom stereocenters. The second kappa shape index (κ2) is 5.45. The maximum atomic E-state index is 12.0. The molecule has 0 spiro atoms. The molecule has 0 aromatic carbocycles. The molecule has 0 aliphatic heterocycles. The first-order valence-electron chi connectivity index (χ1n) is 6.35. The van der Waals surface area contributed by atoms with Crippen molar-refractivity contribution in [3.63, 3.8) is 0 Å². The Morgan fingerprint density at radius 1 is 1.48 bits per heavy atom.